The Hall–Kier alpha value is -0.120. The highest BCUT2D eigenvalue weighted by atomic mass is 16.5. The van der Waals surface area contributed by atoms with Gasteiger partial charge in [0.1, 0.15) is 0 Å². The van der Waals surface area contributed by atoms with Crippen LogP contribution in [0.4, 0.5) is 0 Å². The van der Waals surface area contributed by atoms with Crippen molar-refractivity contribution >= 4 is 0 Å². The van der Waals surface area contributed by atoms with Crippen molar-refractivity contribution in [3.8, 4) is 0 Å². The summed E-state index contributed by atoms with van der Waals surface area (Å²) in [6.45, 7) is 6.44. The van der Waals surface area contributed by atoms with Gasteiger partial charge in [0.2, 0.25) is 0 Å². The van der Waals surface area contributed by atoms with E-state index in [1.807, 2.05) is 0 Å². The molecular formula is C13H26O3. The van der Waals surface area contributed by atoms with Gasteiger partial charge in [-0.3, -0.25) is 0 Å². The lowest BCUT2D eigenvalue weighted by atomic mass is 9.88. The minimum atomic E-state index is -0.0648. The zero-order chi connectivity index (χ0) is 11.8. The van der Waals surface area contributed by atoms with Crippen LogP contribution in [0.1, 0.15) is 46.0 Å². The van der Waals surface area contributed by atoms with Crippen molar-refractivity contribution < 1.29 is 14.6 Å². The minimum absolute atomic E-state index is 0.0648. The van der Waals surface area contributed by atoms with Crippen LogP contribution in [0.25, 0.3) is 0 Å². The molecule has 0 spiro atoms. The van der Waals surface area contributed by atoms with Crippen LogP contribution in [0.5, 0.6) is 0 Å². The standard InChI is InChI=1S/C13H26O3/c1-3-11(2)16-9-8-15-10-12-4-6-13(14)7-5-12/h11-14H,3-10H2,1-2H3. The third kappa shape index (κ3) is 5.83. The monoisotopic (exact) mass is 230 g/mol. The van der Waals surface area contributed by atoms with Gasteiger partial charge in [0.15, 0.2) is 0 Å². The third-order valence-electron chi connectivity index (χ3n) is 3.37. The molecule has 1 atom stereocenters. The summed E-state index contributed by atoms with van der Waals surface area (Å²) in [7, 11) is 0. The van der Waals surface area contributed by atoms with E-state index >= 15 is 0 Å². The van der Waals surface area contributed by atoms with Gasteiger partial charge in [0.05, 0.1) is 25.4 Å². The third-order valence-corrected chi connectivity index (χ3v) is 3.37. The Balaban J connectivity index is 1.91. The van der Waals surface area contributed by atoms with E-state index < -0.39 is 0 Å². The molecule has 1 N–H and O–H groups in total. The van der Waals surface area contributed by atoms with Crippen LogP contribution in [0, 0.1) is 5.92 Å². The number of aliphatic hydroxyl groups excluding tert-OH is 1. The Morgan fingerprint density at radius 2 is 1.88 bits per heavy atom. The van der Waals surface area contributed by atoms with Gasteiger partial charge >= 0.3 is 0 Å². The second kappa shape index (κ2) is 8.04. The van der Waals surface area contributed by atoms with Crippen LogP contribution in [0.15, 0.2) is 0 Å². The van der Waals surface area contributed by atoms with Crippen LogP contribution >= 0.6 is 0 Å². The van der Waals surface area contributed by atoms with Crippen molar-refractivity contribution in [1.29, 1.82) is 0 Å². The van der Waals surface area contributed by atoms with Gasteiger partial charge in [0, 0.05) is 6.61 Å². The van der Waals surface area contributed by atoms with Crippen molar-refractivity contribution in [1.82, 2.24) is 0 Å². The van der Waals surface area contributed by atoms with Crippen molar-refractivity contribution in [2.45, 2.75) is 58.2 Å². The summed E-state index contributed by atoms with van der Waals surface area (Å²) in [6.07, 6.45) is 5.43. The van der Waals surface area contributed by atoms with E-state index in [2.05, 4.69) is 13.8 Å². The fourth-order valence-electron chi connectivity index (χ4n) is 1.99. The van der Waals surface area contributed by atoms with Crippen molar-refractivity contribution in [2.75, 3.05) is 19.8 Å². The van der Waals surface area contributed by atoms with E-state index in [9.17, 15) is 5.11 Å². The molecule has 0 aromatic rings. The van der Waals surface area contributed by atoms with Crippen LogP contribution in [-0.4, -0.2) is 37.1 Å². The molecule has 0 heterocycles. The van der Waals surface area contributed by atoms with Crippen LogP contribution < -0.4 is 0 Å². The van der Waals surface area contributed by atoms with E-state index in [0.717, 1.165) is 38.7 Å². The lowest BCUT2D eigenvalue weighted by molar-refractivity contribution is -0.00607. The minimum Gasteiger partial charge on any atom is -0.393 e. The van der Waals surface area contributed by atoms with Crippen LogP contribution in [0.2, 0.25) is 0 Å². The van der Waals surface area contributed by atoms with Gasteiger partial charge in [-0.15, -0.1) is 0 Å². The summed E-state index contributed by atoms with van der Waals surface area (Å²) in [5, 5.41) is 9.36. The number of ether oxygens (including phenoxy) is 2. The second-order valence-corrected chi connectivity index (χ2v) is 4.84. The van der Waals surface area contributed by atoms with Gasteiger partial charge in [-0.25, -0.2) is 0 Å². The van der Waals surface area contributed by atoms with Gasteiger partial charge in [-0.2, -0.15) is 0 Å². The van der Waals surface area contributed by atoms with E-state index in [1.165, 1.54) is 0 Å². The molecule has 16 heavy (non-hydrogen) atoms. The molecule has 1 aliphatic rings. The number of hydrogen-bond donors (Lipinski definition) is 1. The zero-order valence-corrected chi connectivity index (χ0v) is 10.7. The molecule has 0 aromatic heterocycles. The molecule has 0 saturated heterocycles. The van der Waals surface area contributed by atoms with Crippen LogP contribution in [0.3, 0.4) is 0 Å². The van der Waals surface area contributed by atoms with Gasteiger partial charge in [-0.05, 0) is 44.9 Å². The maximum Gasteiger partial charge on any atom is 0.0704 e. The summed E-state index contributed by atoms with van der Waals surface area (Å²) in [5.41, 5.74) is 0. The van der Waals surface area contributed by atoms with Crippen LogP contribution in [-0.2, 0) is 9.47 Å². The Morgan fingerprint density at radius 1 is 1.19 bits per heavy atom. The fraction of sp³-hybridized carbons (Fsp3) is 1.00. The second-order valence-electron chi connectivity index (χ2n) is 4.84. The Morgan fingerprint density at radius 3 is 2.50 bits per heavy atom. The Bertz CT molecular complexity index is 165. The molecule has 0 radical (unpaired) electrons. The fourth-order valence-corrected chi connectivity index (χ4v) is 1.99. The molecule has 3 nitrogen and oxygen atoms in total. The molecular weight excluding hydrogens is 204 g/mol. The van der Waals surface area contributed by atoms with Crippen molar-refractivity contribution in [2.24, 2.45) is 5.92 Å². The Labute approximate surface area is 99.1 Å². The summed E-state index contributed by atoms with van der Waals surface area (Å²) < 4.78 is 11.1. The molecule has 1 rings (SSSR count). The number of hydrogen-bond acceptors (Lipinski definition) is 3. The maximum atomic E-state index is 9.36. The van der Waals surface area contributed by atoms with E-state index in [4.69, 9.17) is 9.47 Å². The Kier molecular flexibility index (Phi) is 7.01. The molecule has 1 aliphatic carbocycles. The summed E-state index contributed by atoms with van der Waals surface area (Å²) in [5.74, 6) is 0.645. The molecule has 0 aliphatic heterocycles. The molecule has 1 saturated carbocycles. The zero-order valence-electron chi connectivity index (χ0n) is 10.7. The summed E-state index contributed by atoms with van der Waals surface area (Å²) in [6, 6.07) is 0. The predicted molar refractivity (Wildman–Crippen MR) is 64.5 cm³/mol. The van der Waals surface area contributed by atoms with E-state index in [-0.39, 0.29) is 6.10 Å². The first-order valence-corrected chi connectivity index (χ1v) is 6.59. The molecule has 0 aromatic carbocycles. The predicted octanol–water partition coefficient (Wildman–Crippen LogP) is 2.37. The molecule has 3 heteroatoms. The highest BCUT2D eigenvalue weighted by Gasteiger charge is 2.19. The summed E-state index contributed by atoms with van der Waals surface area (Å²) >= 11 is 0. The lowest BCUT2D eigenvalue weighted by Crippen LogP contribution is -2.22. The average molecular weight is 230 g/mol. The first-order chi connectivity index (χ1) is 7.72. The summed E-state index contributed by atoms with van der Waals surface area (Å²) in [4.78, 5) is 0. The quantitative estimate of drug-likeness (QED) is 0.682. The molecule has 96 valence electrons. The SMILES string of the molecule is CCC(C)OCCOCC1CCC(O)CC1. The average Bonchev–Trinajstić information content (AvgIpc) is 2.31. The smallest absolute Gasteiger partial charge is 0.0704 e. The first kappa shape index (κ1) is 13.9. The molecule has 0 bridgehead atoms. The maximum absolute atomic E-state index is 9.36. The highest BCUT2D eigenvalue weighted by molar-refractivity contribution is 4.70. The van der Waals surface area contributed by atoms with Crippen molar-refractivity contribution in [3.63, 3.8) is 0 Å². The topological polar surface area (TPSA) is 38.7 Å². The molecule has 1 unspecified atom stereocenters. The van der Waals surface area contributed by atoms with Gasteiger partial charge in [0.25, 0.3) is 0 Å². The van der Waals surface area contributed by atoms with E-state index in [0.29, 0.717) is 25.2 Å². The molecule has 1 fully saturated rings. The van der Waals surface area contributed by atoms with Crippen molar-refractivity contribution in [3.05, 3.63) is 0 Å². The number of rotatable bonds is 7. The molecule has 0 amide bonds. The first-order valence-electron chi connectivity index (χ1n) is 6.59. The normalized spacial score (nSPS) is 27.9. The van der Waals surface area contributed by atoms with Gasteiger partial charge in [-0.1, -0.05) is 6.92 Å². The van der Waals surface area contributed by atoms with Gasteiger partial charge < -0.3 is 14.6 Å². The lowest BCUT2D eigenvalue weighted by Gasteiger charge is -2.25. The highest BCUT2D eigenvalue weighted by Crippen LogP contribution is 2.24. The largest absolute Gasteiger partial charge is 0.393 e. The van der Waals surface area contributed by atoms with E-state index in [1.54, 1.807) is 0 Å². The number of aliphatic hydroxyl groups is 1.